The van der Waals surface area contributed by atoms with Gasteiger partial charge in [-0.25, -0.2) is 0 Å². The van der Waals surface area contributed by atoms with E-state index in [4.69, 9.17) is 4.74 Å². The zero-order chi connectivity index (χ0) is 15.3. The first kappa shape index (κ1) is 17.4. The SMILES string of the molecule is COC(=O)[C@@H]1CCCCC[C@H]1NS(=O)(=O)N(C)C(C)C. The van der Waals surface area contributed by atoms with Crippen LogP contribution in [0.5, 0.6) is 0 Å². The van der Waals surface area contributed by atoms with Crippen molar-refractivity contribution in [1.29, 1.82) is 0 Å². The highest BCUT2D eigenvalue weighted by atomic mass is 32.2. The standard InChI is InChI=1S/C13H26N2O4S/c1-10(2)15(3)20(17,18)14-12-9-7-5-6-8-11(12)13(16)19-4/h10-12,14H,5-9H2,1-4H3/t11-,12-/m1/s1. The van der Waals surface area contributed by atoms with Gasteiger partial charge < -0.3 is 4.74 Å². The second-order valence-electron chi connectivity index (χ2n) is 5.61. The van der Waals surface area contributed by atoms with Crippen LogP contribution in [0.2, 0.25) is 0 Å². The van der Waals surface area contributed by atoms with E-state index in [1.807, 2.05) is 13.8 Å². The smallest absolute Gasteiger partial charge is 0.310 e. The number of nitrogens with one attached hydrogen (secondary N) is 1. The number of hydrogen-bond acceptors (Lipinski definition) is 4. The van der Waals surface area contributed by atoms with Crippen LogP contribution in [0.4, 0.5) is 0 Å². The first-order valence-electron chi connectivity index (χ1n) is 7.12. The Morgan fingerprint density at radius 1 is 1.25 bits per heavy atom. The molecule has 0 aromatic carbocycles. The van der Waals surface area contributed by atoms with E-state index in [0.29, 0.717) is 12.8 Å². The number of nitrogens with zero attached hydrogens (tertiary/aromatic N) is 1. The largest absolute Gasteiger partial charge is 0.469 e. The van der Waals surface area contributed by atoms with Gasteiger partial charge in [-0.3, -0.25) is 4.79 Å². The van der Waals surface area contributed by atoms with Gasteiger partial charge in [0.05, 0.1) is 13.0 Å². The summed E-state index contributed by atoms with van der Waals surface area (Å²) in [5.41, 5.74) is 0. The zero-order valence-corrected chi connectivity index (χ0v) is 13.6. The average Bonchev–Trinajstić information content (AvgIpc) is 2.61. The van der Waals surface area contributed by atoms with Crippen molar-refractivity contribution in [2.75, 3.05) is 14.2 Å². The minimum absolute atomic E-state index is 0.130. The lowest BCUT2D eigenvalue weighted by Crippen LogP contribution is -2.49. The van der Waals surface area contributed by atoms with E-state index in [1.165, 1.54) is 18.5 Å². The van der Waals surface area contributed by atoms with E-state index in [0.717, 1.165) is 19.3 Å². The monoisotopic (exact) mass is 306 g/mol. The topological polar surface area (TPSA) is 75.7 Å². The van der Waals surface area contributed by atoms with Crippen LogP contribution in [0.1, 0.15) is 46.0 Å². The Hall–Kier alpha value is -0.660. The molecule has 2 atom stereocenters. The number of methoxy groups -OCH3 is 1. The van der Waals surface area contributed by atoms with E-state index in [9.17, 15) is 13.2 Å². The molecule has 0 aromatic heterocycles. The summed E-state index contributed by atoms with van der Waals surface area (Å²) in [6.07, 6.45) is 4.21. The van der Waals surface area contributed by atoms with Gasteiger partial charge in [-0.15, -0.1) is 0 Å². The molecule has 0 unspecified atom stereocenters. The molecule has 0 aliphatic heterocycles. The van der Waals surface area contributed by atoms with Crippen LogP contribution >= 0.6 is 0 Å². The summed E-state index contributed by atoms with van der Waals surface area (Å²) in [7, 11) is -0.690. The number of carbonyl (C=O) groups excluding carboxylic acids is 1. The third kappa shape index (κ3) is 4.43. The molecule has 1 rings (SSSR count). The highest BCUT2D eigenvalue weighted by molar-refractivity contribution is 7.87. The van der Waals surface area contributed by atoms with Crippen LogP contribution in [-0.4, -0.2) is 44.9 Å². The van der Waals surface area contributed by atoms with Crippen molar-refractivity contribution in [3.8, 4) is 0 Å². The van der Waals surface area contributed by atoms with Crippen molar-refractivity contribution in [3.63, 3.8) is 0 Å². The molecule has 1 aliphatic carbocycles. The fraction of sp³-hybridized carbons (Fsp3) is 0.923. The lowest BCUT2D eigenvalue weighted by molar-refractivity contribution is -0.146. The first-order chi connectivity index (χ1) is 9.29. The summed E-state index contributed by atoms with van der Waals surface area (Å²) in [5, 5.41) is 0. The summed E-state index contributed by atoms with van der Waals surface area (Å²) < 4.78 is 33.3. The molecule has 7 heteroatoms. The molecule has 0 radical (unpaired) electrons. The normalized spacial score (nSPS) is 24.7. The summed E-state index contributed by atoms with van der Waals surface area (Å²) in [5.74, 6) is -0.718. The molecule has 1 fully saturated rings. The Bertz CT molecular complexity index is 422. The van der Waals surface area contributed by atoms with Gasteiger partial charge in [0.1, 0.15) is 0 Å². The van der Waals surface area contributed by atoms with E-state index in [2.05, 4.69) is 4.72 Å². The van der Waals surface area contributed by atoms with E-state index < -0.39 is 16.1 Å². The maximum Gasteiger partial charge on any atom is 0.310 e. The van der Waals surface area contributed by atoms with Crippen molar-refractivity contribution in [3.05, 3.63) is 0 Å². The lowest BCUT2D eigenvalue weighted by atomic mass is 9.96. The van der Waals surface area contributed by atoms with Crippen LogP contribution in [-0.2, 0) is 19.7 Å². The molecule has 0 bridgehead atoms. The highest BCUT2D eigenvalue weighted by Crippen LogP contribution is 2.25. The summed E-state index contributed by atoms with van der Waals surface area (Å²) in [4.78, 5) is 11.8. The van der Waals surface area contributed by atoms with Crippen molar-refractivity contribution < 1.29 is 17.9 Å². The quantitative estimate of drug-likeness (QED) is 0.613. The Balaban J connectivity index is 2.87. The Morgan fingerprint density at radius 3 is 2.40 bits per heavy atom. The molecule has 0 saturated heterocycles. The summed E-state index contributed by atoms with van der Waals surface area (Å²) in [6.45, 7) is 3.62. The van der Waals surface area contributed by atoms with Crippen molar-refractivity contribution in [1.82, 2.24) is 9.03 Å². The minimum Gasteiger partial charge on any atom is -0.469 e. The predicted octanol–water partition coefficient (Wildman–Crippen LogP) is 1.28. The van der Waals surface area contributed by atoms with Crippen LogP contribution < -0.4 is 4.72 Å². The zero-order valence-electron chi connectivity index (χ0n) is 12.8. The van der Waals surface area contributed by atoms with Gasteiger partial charge in [0.15, 0.2) is 0 Å². The van der Waals surface area contributed by atoms with Crippen LogP contribution in [0.15, 0.2) is 0 Å². The molecule has 0 aromatic rings. The molecule has 0 heterocycles. The van der Waals surface area contributed by atoms with Crippen LogP contribution in [0.25, 0.3) is 0 Å². The van der Waals surface area contributed by atoms with Gasteiger partial charge >= 0.3 is 5.97 Å². The number of esters is 1. The van der Waals surface area contributed by atoms with E-state index in [1.54, 1.807) is 0 Å². The van der Waals surface area contributed by atoms with Crippen molar-refractivity contribution in [2.45, 2.75) is 58.0 Å². The molecule has 1 aliphatic rings. The van der Waals surface area contributed by atoms with Crippen molar-refractivity contribution in [2.24, 2.45) is 5.92 Å². The van der Waals surface area contributed by atoms with Gasteiger partial charge in [-0.1, -0.05) is 19.3 Å². The number of ether oxygens (including phenoxy) is 1. The van der Waals surface area contributed by atoms with E-state index >= 15 is 0 Å². The molecule has 0 spiro atoms. The molecule has 20 heavy (non-hydrogen) atoms. The molecule has 0 amide bonds. The van der Waals surface area contributed by atoms with Crippen LogP contribution in [0.3, 0.4) is 0 Å². The van der Waals surface area contributed by atoms with Gasteiger partial charge in [0.2, 0.25) is 0 Å². The van der Waals surface area contributed by atoms with Gasteiger partial charge in [-0.2, -0.15) is 17.4 Å². The summed E-state index contributed by atoms with van der Waals surface area (Å²) in [6, 6.07) is -0.508. The molecule has 1 N–H and O–H groups in total. The molecule has 1 saturated carbocycles. The molecular weight excluding hydrogens is 280 g/mol. The molecule has 118 valence electrons. The van der Waals surface area contributed by atoms with E-state index in [-0.39, 0.29) is 18.1 Å². The third-order valence-corrected chi connectivity index (χ3v) is 5.71. The number of hydrogen-bond donors (Lipinski definition) is 1. The third-order valence-electron chi connectivity index (χ3n) is 3.93. The average molecular weight is 306 g/mol. The maximum absolute atomic E-state index is 12.3. The molecule has 6 nitrogen and oxygen atoms in total. The Kier molecular flexibility index (Phi) is 6.42. The first-order valence-corrected chi connectivity index (χ1v) is 8.56. The second kappa shape index (κ2) is 7.38. The lowest BCUT2D eigenvalue weighted by Gasteiger charge is -2.28. The number of carbonyl (C=O) groups is 1. The maximum atomic E-state index is 12.3. The fourth-order valence-electron chi connectivity index (χ4n) is 2.43. The predicted molar refractivity (Wildman–Crippen MR) is 77.3 cm³/mol. The highest BCUT2D eigenvalue weighted by Gasteiger charge is 2.34. The van der Waals surface area contributed by atoms with Gasteiger partial charge in [0, 0.05) is 19.1 Å². The second-order valence-corrected chi connectivity index (χ2v) is 7.37. The van der Waals surface area contributed by atoms with Crippen LogP contribution in [0, 0.1) is 5.92 Å². The molecular formula is C13H26N2O4S. The fourth-order valence-corrected chi connectivity index (χ4v) is 3.82. The Labute approximate surface area is 122 Å². The number of rotatable bonds is 5. The van der Waals surface area contributed by atoms with Crippen molar-refractivity contribution >= 4 is 16.2 Å². The summed E-state index contributed by atoms with van der Waals surface area (Å²) >= 11 is 0. The van der Waals surface area contributed by atoms with Gasteiger partial charge in [-0.05, 0) is 26.7 Å². The van der Waals surface area contributed by atoms with Gasteiger partial charge in [0.25, 0.3) is 10.2 Å². The minimum atomic E-state index is -3.57. The Morgan fingerprint density at radius 2 is 1.85 bits per heavy atom.